The van der Waals surface area contributed by atoms with Gasteiger partial charge in [0.15, 0.2) is 0 Å². The first-order valence-electron chi connectivity index (χ1n) is 7.62. The number of halogens is 1. The molecule has 0 bridgehead atoms. The van der Waals surface area contributed by atoms with Crippen molar-refractivity contribution >= 4 is 17.7 Å². The van der Waals surface area contributed by atoms with Gasteiger partial charge < -0.3 is 15.8 Å². The predicted octanol–water partition coefficient (Wildman–Crippen LogP) is 3.82. The zero-order valence-corrected chi connectivity index (χ0v) is 14.8. The Bertz CT molecular complexity index is 512. The highest BCUT2D eigenvalue weighted by Crippen LogP contribution is 2.18. The van der Waals surface area contributed by atoms with Crippen molar-refractivity contribution in [2.24, 2.45) is 5.73 Å². The van der Waals surface area contributed by atoms with Gasteiger partial charge in [-0.25, -0.2) is 4.79 Å². The van der Waals surface area contributed by atoms with Gasteiger partial charge in [-0.1, -0.05) is 30.7 Å². The highest BCUT2D eigenvalue weighted by Gasteiger charge is 2.22. The fourth-order valence-electron chi connectivity index (χ4n) is 2.22. The normalized spacial score (nSPS) is 14.3. The maximum absolute atomic E-state index is 11.9. The van der Waals surface area contributed by atoms with Crippen molar-refractivity contribution in [2.75, 3.05) is 0 Å². The molecule has 124 valence electrons. The van der Waals surface area contributed by atoms with E-state index in [1.807, 2.05) is 52.8 Å². The fraction of sp³-hybridized carbons (Fsp3) is 0.588. The topological polar surface area (TPSA) is 64.3 Å². The highest BCUT2D eigenvalue weighted by atomic mass is 35.5. The van der Waals surface area contributed by atoms with Gasteiger partial charge in [0.25, 0.3) is 0 Å². The van der Waals surface area contributed by atoms with E-state index in [0.29, 0.717) is 6.42 Å². The molecule has 3 N–H and O–H groups in total. The van der Waals surface area contributed by atoms with E-state index in [4.69, 9.17) is 22.1 Å². The monoisotopic (exact) mass is 326 g/mol. The van der Waals surface area contributed by atoms with Gasteiger partial charge in [-0.15, -0.1) is 0 Å². The van der Waals surface area contributed by atoms with Crippen LogP contribution in [-0.4, -0.2) is 23.8 Å². The molecule has 0 aromatic heterocycles. The van der Waals surface area contributed by atoms with Gasteiger partial charge in [-0.05, 0) is 57.7 Å². The molecular formula is C17H27ClN2O2. The second-order valence-corrected chi connectivity index (χ2v) is 7.02. The van der Waals surface area contributed by atoms with E-state index in [-0.39, 0.29) is 12.1 Å². The molecule has 0 saturated heterocycles. The first-order chi connectivity index (χ1) is 10.1. The van der Waals surface area contributed by atoms with E-state index in [9.17, 15) is 4.79 Å². The summed E-state index contributed by atoms with van der Waals surface area (Å²) in [5.74, 6) is 0. The second-order valence-electron chi connectivity index (χ2n) is 6.61. The Labute approximate surface area is 138 Å². The summed E-state index contributed by atoms with van der Waals surface area (Å²) >= 11 is 6.03. The number of carbonyl (C=O) groups excluding carboxylic acids is 1. The minimum Gasteiger partial charge on any atom is -0.444 e. The van der Waals surface area contributed by atoms with Crippen molar-refractivity contribution in [3.63, 3.8) is 0 Å². The lowest BCUT2D eigenvalue weighted by molar-refractivity contribution is 0.0495. The lowest BCUT2D eigenvalue weighted by Crippen LogP contribution is -2.49. The van der Waals surface area contributed by atoms with E-state index >= 15 is 0 Å². The Morgan fingerprint density at radius 1 is 1.41 bits per heavy atom. The summed E-state index contributed by atoms with van der Waals surface area (Å²) in [6.07, 6.45) is 0.987. The van der Waals surface area contributed by atoms with Crippen molar-refractivity contribution in [3.05, 3.63) is 34.3 Å². The molecule has 0 aliphatic carbocycles. The third-order valence-electron chi connectivity index (χ3n) is 3.35. The van der Waals surface area contributed by atoms with Crippen molar-refractivity contribution in [2.45, 2.75) is 65.1 Å². The highest BCUT2D eigenvalue weighted by molar-refractivity contribution is 6.31. The number of hydrogen-bond donors (Lipinski definition) is 2. The molecule has 0 fully saturated rings. The molecule has 0 heterocycles. The molecule has 1 aromatic carbocycles. The summed E-state index contributed by atoms with van der Waals surface area (Å²) < 4.78 is 5.28. The van der Waals surface area contributed by atoms with Crippen molar-refractivity contribution in [1.29, 1.82) is 0 Å². The van der Waals surface area contributed by atoms with Gasteiger partial charge >= 0.3 is 6.09 Å². The molecule has 2 unspecified atom stereocenters. The van der Waals surface area contributed by atoms with E-state index in [2.05, 4.69) is 5.32 Å². The summed E-state index contributed by atoms with van der Waals surface area (Å²) in [5.41, 5.74) is 7.88. The van der Waals surface area contributed by atoms with Gasteiger partial charge in [0, 0.05) is 17.1 Å². The molecule has 1 rings (SSSR count). The van der Waals surface area contributed by atoms with Gasteiger partial charge in [0.1, 0.15) is 5.60 Å². The maximum Gasteiger partial charge on any atom is 0.407 e. The molecule has 1 amide bonds. The van der Waals surface area contributed by atoms with Crippen LogP contribution in [0.3, 0.4) is 0 Å². The number of nitrogens with two attached hydrogens (primary N) is 1. The average molecular weight is 327 g/mol. The molecule has 0 aliphatic rings. The lowest BCUT2D eigenvalue weighted by atomic mass is 9.97. The number of amides is 1. The van der Waals surface area contributed by atoms with E-state index in [1.54, 1.807) is 0 Å². The largest absolute Gasteiger partial charge is 0.444 e. The molecule has 0 spiro atoms. The number of alkyl carbamates (subject to hydrolysis) is 1. The molecule has 0 aliphatic heterocycles. The number of aryl methyl sites for hydroxylation is 1. The van der Waals surface area contributed by atoms with Gasteiger partial charge in [-0.2, -0.15) is 0 Å². The van der Waals surface area contributed by atoms with Crippen LogP contribution in [0.15, 0.2) is 18.2 Å². The van der Waals surface area contributed by atoms with E-state index in [1.165, 1.54) is 0 Å². The second kappa shape index (κ2) is 7.84. The average Bonchev–Trinajstić information content (AvgIpc) is 2.38. The summed E-state index contributed by atoms with van der Waals surface area (Å²) in [6, 6.07) is 5.56. The Morgan fingerprint density at radius 3 is 2.55 bits per heavy atom. The van der Waals surface area contributed by atoms with Crippen LogP contribution in [0.2, 0.25) is 5.02 Å². The van der Waals surface area contributed by atoms with Crippen LogP contribution in [0, 0.1) is 6.92 Å². The van der Waals surface area contributed by atoms with E-state index in [0.717, 1.165) is 22.6 Å². The Kier molecular flexibility index (Phi) is 6.69. The fourth-order valence-corrected chi connectivity index (χ4v) is 2.34. The number of ether oxygens (including phenoxy) is 1. The van der Waals surface area contributed by atoms with Gasteiger partial charge in [0.05, 0.1) is 0 Å². The zero-order chi connectivity index (χ0) is 16.9. The molecule has 22 heavy (non-hydrogen) atoms. The summed E-state index contributed by atoms with van der Waals surface area (Å²) in [4.78, 5) is 11.9. The lowest BCUT2D eigenvalue weighted by Gasteiger charge is -2.26. The zero-order valence-electron chi connectivity index (χ0n) is 14.1. The molecule has 2 atom stereocenters. The summed E-state index contributed by atoms with van der Waals surface area (Å²) in [5, 5.41) is 3.60. The molecule has 0 radical (unpaired) electrons. The van der Waals surface area contributed by atoms with Crippen molar-refractivity contribution in [3.8, 4) is 0 Å². The smallest absolute Gasteiger partial charge is 0.407 e. The number of carbonyl (C=O) groups is 1. The summed E-state index contributed by atoms with van der Waals surface area (Å²) in [7, 11) is 0. The molecule has 1 aromatic rings. The number of benzene rings is 1. The quantitative estimate of drug-likeness (QED) is 0.864. The molecule has 4 nitrogen and oxygen atoms in total. The van der Waals surface area contributed by atoms with Crippen LogP contribution in [-0.2, 0) is 11.2 Å². The van der Waals surface area contributed by atoms with E-state index < -0.39 is 11.7 Å². The SMILES string of the molecule is CCC(NC(=O)OC(C)(C)C)C(N)Cc1ccc(Cl)c(C)c1. The molecule has 0 saturated carbocycles. The van der Waals surface area contributed by atoms with Crippen LogP contribution < -0.4 is 11.1 Å². The number of hydrogen-bond acceptors (Lipinski definition) is 3. The molecule has 5 heteroatoms. The summed E-state index contributed by atoms with van der Waals surface area (Å²) in [6.45, 7) is 9.47. The van der Waals surface area contributed by atoms with Crippen molar-refractivity contribution < 1.29 is 9.53 Å². The standard InChI is InChI=1S/C17H27ClN2O2/c1-6-15(20-16(21)22-17(3,4)5)14(19)10-12-7-8-13(18)11(2)9-12/h7-9,14-15H,6,10,19H2,1-5H3,(H,20,21). The van der Waals surface area contributed by atoms with Gasteiger partial charge in [-0.3, -0.25) is 0 Å². The third-order valence-corrected chi connectivity index (χ3v) is 3.78. The van der Waals surface area contributed by atoms with Crippen LogP contribution in [0.25, 0.3) is 0 Å². The van der Waals surface area contributed by atoms with Crippen LogP contribution in [0.1, 0.15) is 45.2 Å². The number of nitrogens with one attached hydrogen (secondary N) is 1. The Balaban J connectivity index is 2.65. The third kappa shape index (κ3) is 6.24. The van der Waals surface area contributed by atoms with Gasteiger partial charge in [0.2, 0.25) is 0 Å². The Morgan fingerprint density at radius 2 is 2.05 bits per heavy atom. The van der Waals surface area contributed by atoms with Crippen molar-refractivity contribution in [1.82, 2.24) is 5.32 Å². The predicted molar refractivity (Wildman–Crippen MR) is 91.3 cm³/mol. The van der Waals surface area contributed by atoms with Crippen LogP contribution in [0.4, 0.5) is 4.79 Å². The molecular weight excluding hydrogens is 300 g/mol. The van der Waals surface area contributed by atoms with Crippen LogP contribution >= 0.6 is 11.6 Å². The maximum atomic E-state index is 11.9. The minimum absolute atomic E-state index is 0.133. The first kappa shape index (κ1) is 18.8. The minimum atomic E-state index is -0.514. The first-order valence-corrected chi connectivity index (χ1v) is 8.00. The Hall–Kier alpha value is -1.26. The van der Waals surface area contributed by atoms with Crippen LogP contribution in [0.5, 0.6) is 0 Å². The number of rotatable bonds is 5.